The van der Waals surface area contributed by atoms with E-state index in [0.29, 0.717) is 12.3 Å². The summed E-state index contributed by atoms with van der Waals surface area (Å²) in [6.07, 6.45) is 3.66. The van der Waals surface area contributed by atoms with Crippen LogP contribution in [0.3, 0.4) is 0 Å². The van der Waals surface area contributed by atoms with Gasteiger partial charge in [0.15, 0.2) is 0 Å². The SMILES string of the molecule is C=C(C)[C@@H]1CC=C(C)/C(=N/Nc2ccc([N+](=O)[O-])cc2[N+](=O)[O-])C1. The molecule has 0 saturated carbocycles. The van der Waals surface area contributed by atoms with Gasteiger partial charge in [0.1, 0.15) is 5.69 Å². The highest BCUT2D eigenvalue weighted by Crippen LogP contribution is 2.30. The summed E-state index contributed by atoms with van der Waals surface area (Å²) >= 11 is 0. The van der Waals surface area contributed by atoms with E-state index in [1.165, 1.54) is 12.1 Å². The first-order valence-electron chi connectivity index (χ1n) is 7.37. The molecule has 1 aromatic carbocycles. The summed E-state index contributed by atoms with van der Waals surface area (Å²) in [6.45, 7) is 7.86. The normalized spacial score (nSPS) is 18.8. The third-order valence-corrected chi connectivity index (χ3v) is 4.00. The predicted octanol–water partition coefficient (Wildman–Crippen LogP) is 4.20. The summed E-state index contributed by atoms with van der Waals surface area (Å²) in [7, 11) is 0. The van der Waals surface area contributed by atoms with E-state index in [9.17, 15) is 20.2 Å². The molecule has 0 bridgehead atoms. The Balaban J connectivity index is 2.29. The molecule has 0 heterocycles. The molecular weight excluding hydrogens is 312 g/mol. The monoisotopic (exact) mass is 330 g/mol. The minimum Gasteiger partial charge on any atom is -0.271 e. The molecule has 0 radical (unpaired) electrons. The Labute approximate surface area is 138 Å². The Morgan fingerprint density at radius 3 is 2.62 bits per heavy atom. The van der Waals surface area contributed by atoms with E-state index in [-0.39, 0.29) is 17.1 Å². The summed E-state index contributed by atoms with van der Waals surface area (Å²) < 4.78 is 0. The van der Waals surface area contributed by atoms with Gasteiger partial charge in [0.05, 0.1) is 21.6 Å². The number of benzene rings is 1. The third kappa shape index (κ3) is 3.83. The summed E-state index contributed by atoms with van der Waals surface area (Å²) in [5.74, 6) is 0.293. The smallest absolute Gasteiger partial charge is 0.271 e. The largest absolute Gasteiger partial charge is 0.301 e. The minimum atomic E-state index is -0.672. The Bertz CT molecular complexity index is 767. The topological polar surface area (TPSA) is 111 Å². The van der Waals surface area contributed by atoms with E-state index >= 15 is 0 Å². The molecule has 1 N–H and O–H groups in total. The Kier molecular flexibility index (Phi) is 5.08. The zero-order chi connectivity index (χ0) is 17.9. The average Bonchev–Trinajstić information content (AvgIpc) is 2.53. The van der Waals surface area contributed by atoms with Crippen molar-refractivity contribution in [2.45, 2.75) is 26.7 Å². The number of nitro benzene ring substituents is 2. The van der Waals surface area contributed by atoms with Gasteiger partial charge in [-0.05, 0) is 44.2 Å². The van der Waals surface area contributed by atoms with Gasteiger partial charge in [0.25, 0.3) is 5.69 Å². The molecule has 0 unspecified atom stereocenters. The maximum Gasteiger partial charge on any atom is 0.301 e. The van der Waals surface area contributed by atoms with E-state index in [0.717, 1.165) is 29.3 Å². The van der Waals surface area contributed by atoms with Crippen molar-refractivity contribution in [3.05, 3.63) is 62.2 Å². The van der Waals surface area contributed by atoms with Crippen LogP contribution >= 0.6 is 0 Å². The second-order valence-corrected chi connectivity index (χ2v) is 5.76. The first-order valence-corrected chi connectivity index (χ1v) is 7.37. The van der Waals surface area contributed by atoms with Crippen molar-refractivity contribution in [3.63, 3.8) is 0 Å². The molecule has 2 rings (SSSR count). The zero-order valence-electron chi connectivity index (χ0n) is 13.5. The van der Waals surface area contributed by atoms with E-state index in [2.05, 4.69) is 23.2 Å². The second-order valence-electron chi connectivity index (χ2n) is 5.76. The lowest BCUT2D eigenvalue weighted by Gasteiger charge is -2.22. The first kappa shape index (κ1) is 17.3. The summed E-state index contributed by atoms with van der Waals surface area (Å²) in [6, 6.07) is 3.41. The van der Waals surface area contributed by atoms with Crippen molar-refractivity contribution < 1.29 is 9.85 Å². The third-order valence-electron chi connectivity index (χ3n) is 4.00. The van der Waals surface area contributed by atoms with Crippen LogP contribution in [0.2, 0.25) is 0 Å². The molecular formula is C16H18N4O4. The zero-order valence-corrected chi connectivity index (χ0v) is 13.5. The fourth-order valence-corrected chi connectivity index (χ4v) is 2.43. The molecule has 1 aliphatic carbocycles. The number of nitrogens with one attached hydrogen (secondary N) is 1. The van der Waals surface area contributed by atoms with Crippen LogP contribution in [-0.2, 0) is 0 Å². The van der Waals surface area contributed by atoms with Crippen molar-refractivity contribution in [1.82, 2.24) is 0 Å². The lowest BCUT2D eigenvalue weighted by atomic mass is 9.85. The van der Waals surface area contributed by atoms with Gasteiger partial charge in [-0.25, -0.2) is 0 Å². The van der Waals surface area contributed by atoms with Gasteiger partial charge in [0.2, 0.25) is 0 Å². The van der Waals surface area contributed by atoms with Crippen molar-refractivity contribution in [2.75, 3.05) is 5.43 Å². The van der Waals surface area contributed by atoms with Crippen LogP contribution in [0.15, 0.2) is 47.1 Å². The average molecular weight is 330 g/mol. The van der Waals surface area contributed by atoms with Gasteiger partial charge in [-0.1, -0.05) is 18.2 Å². The molecule has 0 saturated heterocycles. The highest BCUT2D eigenvalue weighted by Gasteiger charge is 2.21. The van der Waals surface area contributed by atoms with Crippen LogP contribution in [0.4, 0.5) is 17.1 Å². The molecule has 0 amide bonds. The maximum atomic E-state index is 11.1. The van der Waals surface area contributed by atoms with Crippen molar-refractivity contribution >= 4 is 22.8 Å². The molecule has 1 aliphatic rings. The standard InChI is InChI=1S/C16H18N4O4/c1-10(2)12-5-4-11(3)15(8-12)18-17-14-7-6-13(19(21)22)9-16(14)20(23)24/h4,6-7,9,12,17H,1,5,8H2,2-3H3/b18-15+/t12-/m1/s1. The highest BCUT2D eigenvalue weighted by molar-refractivity contribution is 6.01. The number of non-ortho nitro benzene ring substituents is 1. The number of hydrogen-bond acceptors (Lipinski definition) is 6. The molecule has 1 aromatic rings. The number of nitrogens with zero attached hydrogens (tertiary/aromatic N) is 3. The number of hydrazone groups is 1. The molecule has 8 nitrogen and oxygen atoms in total. The van der Waals surface area contributed by atoms with Crippen molar-refractivity contribution in [3.8, 4) is 0 Å². The Morgan fingerprint density at radius 2 is 2.04 bits per heavy atom. The van der Waals surface area contributed by atoms with E-state index in [1.54, 1.807) is 0 Å². The molecule has 24 heavy (non-hydrogen) atoms. The molecule has 0 aliphatic heterocycles. The molecule has 0 aromatic heterocycles. The first-order chi connectivity index (χ1) is 11.3. The summed E-state index contributed by atoms with van der Waals surface area (Å²) in [5, 5.41) is 26.1. The van der Waals surface area contributed by atoms with Gasteiger partial charge < -0.3 is 0 Å². The number of allylic oxidation sites excluding steroid dienone is 3. The van der Waals surface area contributed by atoms with Gasteiger partial charge in [-0.15, -0.1) is 0 Å². The van der Waals surface area contributed by atoms with Crippen LogP contribution in [0.1, 0.15) is 26.7 Å². The Hall–Kier alpha value is -3.03. The molecule has 0 fully saturated rings. The molecule has 1 atom stereocenters. The van der Waals surface area contributed by atoms with Gasteiger partial charge in [0, 0.05) is 6.07 Å². The number of rotatable bonds is 5. The maximum absolute atomic E-state index is 11.1. The highest BCUT2D eigenvalue weighted by atomic mass is 16.6. The number of nitro groups is 2. The van der Waals surface area contributed by atoms with Crippen LogP contribution in [0, 0.1) is 26.1 Å². The number of hydrogen-bond donors (Lipinski definition) is 1. The van der Waals surface area contributed by atoms with E-state index in [4.69, 9.17) is 0 Å². The van der Waals surface area contributed by atoms with Crippen molar-refractivity contribution in [1.29, 1.82) is 0 Å². The van der Waals surface area contributed by atoms with Gasteiger partial charge in [-0.2, -0.15) is 5.10 Å². The fraction of sp³-hybridized carbons (Fsp3) is 0.312. The van der Waals surface area contributed by atoms with Crippen LogP contribution < -0.4 is 5.43 Å². The van der Waals surface area contributed by atoms with Crippen LogP contribution in [0.25, 0.3) is 0 Å². The van der Waals surface area contributed by atoms with Crippen molar-refractivity contribution in [2.24, 2.45) is 11.0 Å². The van der Waals surface area contributed by atoms with E-state index in [1.807, 2.05) is 13.8 Å². The minimum absolute atomic E-state index is 0.114. The van der Waals surface area contributed by atoms with Gasteiger partial charge in [-0.3, -0.25) is 25.7 Å². The molecule has 8 heteroatoms. The Morgan fingerprint density at radius 1 is 1.33 bits per heavy atom. The lowest BCUT2D eigenvalue weighted by Crippen LogP contribution is -2.16. The second kappa shape index (κ2) is 7.03. The van der Waals surface area contributed by atoms with Crippen LogP contribution in [-0.4, -0.2) is 15.6 Å². The summed E-state index contributed by atoms with van der Waals surface area (Å²) in [4.78, 5) is 20.5. The predicted molar refractivity (Wildman–Crippen MR) is 92.1 cm³/mol. The number of anilines is 1. The summed E-state index contributed by atoms with van der Waals surface area (Å²) in [5.41, 5.74) is 4.92. The lowest BCUT2D eigenvalue weighted by molar-refractivity contribution is -0.393. The van der Waals surface area contributed by atoms with Gasteiger partial charge >= 0.3 is 5.69 Å². The fourth-order valence-electron chi connectivity index (χ4n) is 2.43. The molecule has 126 valence electrons. The van der Waals surface area contributed by atoms with Crippen LogP contribution in [0.5, 0.6) is 0 Å². The quantitative estimate of drug-likeness (QED) is 0.494. The molecule has 0 spiro atoms. The van der Waals surface area contributed by atoms with E-state index < -0.39 is 9.85 Å².